The number of amides is 1. The van der Waals surface area contributed by atoms with Gasteiger partial charge in [0.25, 0.3) is 5.91 Å². The van der Waals surface area contributed by atoms with E-state index in [9.17, 15) is 4.79 Å². The summed E-state index contributed by atoms with van der Waals surface area (Å²) in [6.07, 6.45) is 1.64. The van der Waals surface area contributed by atoms with Crippen molar-refractivity contribution in [1.82, 2.24) is 10.2 Å². The molecule has 1 heterocycles. The number of carbonyl (C=O) groups is 1. The Kier molecular flexibility index (Phi) is 5.71. The van der Waals surface area contributed by atoms with Crippen LogP contribution in [0.5, 0.6) is 11.5 Å². The number of furan rings is 1. The van der Waals surface area contributed by atoms with Gasteiger partial charge in [-0.25, -0.2) is 0 Å². The first-order chi connectivity index (χ1) is 12.6. The third kappa shape index (κ3) is 4.52. The fourth-order valence-electron chi connectivity index (χ4n) is 2.64. The summed E-state index contributed by atoms with van der Waals surface area (Å²) in [5.41, 5.74) is 0.551. The molecule has 0 aliphatic carbocycles. The van der Waals surface area contributed by atoms with Crippen LogP contribution in [0.25, 0.3) is 0 Å². The predicted octanol–water partition coefficient (Wildman–Crippen LogP) is 4.10. The summed E-state index contributed by atoms with van der Waals surface area (Å²) in [6, 6.07) is 20.3. The molecule has 5 nitrogen and oxygen atoms in total. The number of ether oxygens (including phenoxy) is 1. The second-order valence-electron chi connectivity index (χ2n) is 6.15. The van der Waals surface area contributed by atoms with Crippen molar-refractivity contribution in [3.8, 4) is 11.5 Å². The molecule has 5 heteroatoms. The van der Waals surface area contributed by atoms with Crippen molar-refractivity contribution in [2.45, 2.75) is 6.04 Å². The lowest BCUT2D eigenvalue weighted by Crippen LogP contribution is -2.34. The molecule has 0 aliphatic rings. The van der Waals surface area contributed by atoms with Gasteiger partial charge in [-0.05, 0) is 56.6 Å². The lowest BCUT2D eigenvalue weighted by atomic mass is 10.1. The third-order valence-corrected chi connectivity index (χ3v) is 4.03. The Morgan fingerprint density at radius 3 is 2.50 bits per heavy atom. The molecule has 26 heavy (non-hydrogen) atoms. The van der Waals surface area contributed by atoms with Gasteiger partial charge in [0, 0.05) is 12.1 Å². The van der Waals surface area contributed by atoms with Gasteiger partial charge in [-0.2, -0.15) is 0 Å². The quantitative estimate of drug-likeness (QED) is 0.697. The van der Waals surface area contributed by atoms with E-state index in [1.807, 2.05) is 73.6 Å². The highest BCUT2D eigenvalue weighted by atomic mass is 16.5. The summed E-state index contributed by atoms with van der Waals surface area (Å²) in [5.74, 6) is 2.02. The van der Waals surface area contributed by atoms with E-state index >= 15 is 0 Å². The Labute approximate surface area is 153 Å². The van der Waals surface area contributed by atoms with Crippen LogP contribution < -0.4 is 10.1 Å². The van der Waals surface area contributed by atoms with E-state index in [2.05, 4.69) is 5.32 Å². The van der Waals surface area contributed by atoms with Gasteiger partial charge in [-0.3, -0.25) is 9.69 Å². The van der Waals surface area contributed by atoms with Crippen LogP contribution >= 0.6 is 0 Å². The molecule has 1 atom stereocenters. The zero-order chi connectivity index (χ0) is 18.4. The monoisotopic (exact) mass is 350 g/mol. The summed E-state index contributed by atoms with van der Waals surface area (Å²) in [6.45, 7) is 0.448. The van der Waals surface area contributed by atoms with Crippen molar-refractivity contribution in [2.24, 2.45) is 0 Å². The molecule has 1 amide bonds. The molecule has 1 N–H and O–H groups in total. The fraction of sp³-hybridized carbons (Fsp3) is 0.190. The highest BCUT2D eigenvalue weighted by Gasteiger charge is 2.18. The first-order valence-corrected chi connectivity index (χ1v) is 8.44. The highest BCUT2D eigenvalue weighted by Crippen LogP contribution is 2.22. The van der Waals surface area contributed by atoms with E-state index in [-0.39, 0.29) is 11.9 Å². The summed E-state index contributed by atoms with van der Waals surface area (Å²) < 4.78 is 11.3. The van der Waals surface area contributed by atoms with Gasteiger partial charge in [0.15, 0.2) is 0 Å². The number of para-hydroxylation sites is 1. The number of carbonyl (C=O) groups excluding carboxylic acids is 1. The van der Waals surface area contributed by atoms with Crippen LogP contribution in [0.4, 0.5) is 0 Å². The SMILES string of the molecule is CN(C)[C@H](CNC(=O)c1cccc(Oc2ccccc2)c1)c1ccco1. The number of nitrogens with one attached hydrogen (secondary N) is 1. The van der Waals surface area contributed by atoms with Gasteiger partial charge in [-0.15, -0.1) is 0 Å². The minimum absolute atomic E-state index is 0.0299. The van der Waals surface area contributed by atoms with Crippen molar-refractivity contribution in [1.29, 1.82) is 0 Å². The number of rotatable bonds is 7. The first kappa shape index (κ1) is 17.8. The van der Waals surface area contributed by atoms with Crippen molar-refractivity contribution in [2.75, 3.05) is 20.6 Å². The average molecular weight is 350 g/mol. The van der Waals surface area contributed by atoms with Gasteiger partial charge in [0.1, 0.15) is 17.3 Å². The van der Waals surface area contributed by atoms with Crippen LogP contribution in [0.15, 0.2) is 77.4 Å². The van der Waals surface area contributed by atoms with Crippen molar-refractivity contribution in [3.63, 3.8) is 0 Å². The van der Waals surface area contributed by atoms with Crippen LogP contribution in [0.1, 0.15) is 22.2 Å². The molecule has 3 rings (SSSR count). The molecule has 0 saturated carbocycles. The summed E-state index contributed by atoms with van der Waals surface area (Å²) in [7, 11) is 3.90. The van der Waals surface area contributed by atoms with Crippen LogP contribution in [0, 0.1) is 0 Å². The molecule has 3 aromatic rings. The third-order valence-electron chi connectivity index (χ3n) is 4.03. The number of hydrogen-bond donors (Lipinski definition) is 1. The molecule has 0 saturated heterocycles. The Balaban J connectivity index is 1.65. The maximum atomic E-state index is 12.5. The Morgan fingerprint density at radius 1 is 1.04 bits per heavy atom. The minimum atomic E-state index is -0.151. The van der Waals surface area contributed by atoms with Crippen LogP contribution in [-0.4, -0.2) is 31.4 Å². The maximum Gasteiger partial charge on any atom is 0.251 e. The van der Waals surface area contributed by atoms with Crippen LogP contribution in [0.2, 0.25) is 0 Å². The van der Waals surface area contributed by atoms with E-state index in [0.29, 0.717) is 17.9 Å². The van der Waals surface area contributed by atoms with Crippen molar-refractivity contribution >= 4 is 5.91 Å². The lowest BCUT2D eigenvalue weighted by Gasteiger charge is -2.22. The molecular formula is C21H22N2O3. The Hall–Kier alpha value is -3.05. The molecular weight excluding hydrogens is 328 g/mol. The molecule has 2 aromatic carbocycles. The largest absolute Gasteiger partial charge is 0.468 e. The fourth-order valence-corrected chi connectivity index (χ4v) is 2.64. The van der Waals surface area contributed by atoms with E-state index in [0.717, 1.165) is 11.5 Å². The number of hydrogen-bond acceptors (Lipinski definition) is 4. The average Bonchev–Trinajstić information content (AvgIpc) is 3.17. The number of nitrogens with zero attached hydrogens (tertiary/aromatic N) is 1. The summed E-state index contributed by atoms with van der Waals surface area (Å²) >= 11 is 0. The molecule has 0 spiro atoms. The normalized spacial score (nSPS) is 12.0. The first-order valence-electron chi connectivity index (χ1n) is 8.44. The standard InChI is InChI=1S/C21H22N2O3/c1-23(2)19(20-12-7-13-25-20)15-22-21(24)16-8-6-11-18(14-16)26-17-9-4-3-5-10-17/h3-14,19H,15H2,1-2H3,(H,22,24)/t19-/m1/s1. The van der Waals surface area contributed by atoms with Crippen molar-refractivity contribution in [3.05, 3.63) is 84.3 Å². The van der Waals surface area contributed by atoms with Gasteiger partial charge in [0.2, 0.25) is 0 Å². The summed E-state index contributed by atoms with van der Waals surface area (Å²) in [4.78, 5) is 14.5. The zero-order valence-corrected chi connectivity index (χ0v) is 14.9. The van der Waals surface area contributed by atoms with Crippen molar-refractivity contribution < 1.29 is 13.9 Å². The molecule has 134 valence electrons. The number of benzene rings is 2. The van der Waals surface area contributed by atoms with Gasteiger partial charge >= 0.3 is 0 Å². The molecule has 0 aliphatic heterocycles. The van der Waals surface area contributed by atoms with E-state index < -0.39 is 0 Å². The highest BCUT2D eigenvalue weighted by molar-refractivity contribution is 5.94. The van der Waals surface area contributed by atoms with Crippen LogP contribution in [-0.2, 0) is 0 Å². The van der Waals surface area contributed by atoms with Gasteiger partial charge in [0.05, 0.1) is 12.3 Å². The van der Waals surface area contributed by atoms with E-state index in [4.69, 9.17) is 9.15 Å². The lowest BCUT2D eigenvalue weighted by molar-refractivity contribution is 0.0938. The topological polar surface area (TPSA) is 54.7 Å². The second kappa shape index (κ2) is 8.36. The van der Waals surface area contributed by atoms with Gasteiger partial charge < -0.3 is 14.5 Å². The van der Waals surface area contributed by atoms with E-state index in [1.165, 1.54) is 0 Å². The molecule has 0 fully saturated rings. The Bertz CT molecular complexity index is 829. The smallest absolute Gasteiger partial charge is 0.251 e. The van der Waals surface area contributed by atoms with Crippen LogP contribution in [0.3, 0.4) is 0 Å². The Morgan fingerprint density at radius 2 is 1.81 bits per heavy atom. The minimum Gasteiger partial charge on any atom is -0.468 e. The predicted molar refractivity (Wildman–Crippen MR) is 100 cm³/mol. The summed E-state index contributed by atoms with van der Waals surface area (Å²) in [5, 5.41) is 2.96. The maximum absolute atomic E-state index is 12.5. The zero-order valence-electron chi connectivity index (χ0n) is 14.9. The molecule has 0 unspecified atom stereocenters. The van der Waals surface area contributed by atoms with Gasteiger partial charge in [-0.1, -0.05) is 24.3 Å². The second-order valence-corrected chi connectivity index (χ2v) is 6.15. The molecule has 0 bridgehead atoms. The molecule has 1 aromatic heterocycles. The van der Waals surface area contributed by atoms with E-state index in [1.54, 1.807) is 18.4 Å². The number of likely N-dealkylation sites (N-methyl/N-ethyl adjacent to an activating group) is 1. The molecule has 0 radical (unpaired) electrons.